The molecule has 0 radical (unpaired) electrons. The van der Waals surface area contributed by atoms with E-state index in [9.17, 15) is 14.4 Å². The summed E-state index contributed by atoms with van der Waals surface area (Å²) in [6, 6.07) is 6.53. The minimum Gasteiger partial charge on any atom is -0.339 e. The molecule has 0 aliphatic carbocycles. The van der Waals surface area contributed by atoms with Gasteiger partial charge in [0.05, 0.1) is 11.2 Å². The Labute approximate surface area is 140 Å². The van der Waals surface area contributed by atoms with E-state index in [1.165, 1.54) is 17.5 Å². The van der Waals surface area contributed by atoms with Gasteiger partial charge in [-0.1, -0.05) is 29.8 Å². The van der Waals surface area contributed by atoms with Crippen LogP contribution in [0.1, 0.15) is 22.5 Å². The fourth-order valence-electron chi connectivity index (χ4n) is 2.20. The van der Waals surface area contributed by atoms with Crippen LogP contribution >= 0.6 is 22.9 Å². The average Bonchev–Trinajstić information content (AvgIpc) is 3.00. The maximum Gasteiger partial charge on any atom is 0.263 e. The van der Waals surface area contributed by atoms with Crippen molar-refractivity contribution in [3.63, 3.8) is 0 Å². The van der Waals surface area contributed by atoms with Gasteiger partial charge in [0.1, 0.15) is 15.9 Å². The third-order valence-corrected chi connectivity index (χ3v) is 4.74. The largest absolute Gasteiger partial charge is 0.339 e. The number of aromatic nitrogens is 1. The van der Waals surface area contributed by atoms with Gasteiger partial charge in [-0.2, -0.15) is 0 Å². The van der Waals surface area contributed by atoms with Gasteiger partial charge in [-0.15, -0.1) is 11.3 Å². The van der Waals surface area contributed by atoms with Crippen molar-refractivity contribution in [1.29, 1.82) is 0 Å². The first-order chi connectivity index (χ1) is 11.0. The van der Waals surface area contributed by atoms with E-state index in [1.807, 2.05) is 18.2 Å². The number of hydrogen-bond donors (Lipinski definition) is 2. The number of hydrogen-bond acceptors (Lipinski definition) is 5. The fraction of sp³-hybridized carbons (Fsp3) is 0.200. The molecule has 2 N–H and O–H groups in total. The number of carbonyl (C=O) groups excluding carboxylic acids is 3. The zero-order valence-electron chi connectivity index (χ0n) is 11.8. The van der Waals surface area contributed by atoms with E-state index in [1.54, 1.807) is 6.07 Å². The highest BCUT2D eigenvalue weighted by atomic mass is 35.5. The van der Waals surface area contributed by atoms with Gasteiger partial charge < -0.3 is 5.32 Å². The van der Waals surface area contributed by atoms with Crippen LogP contribution < -0.4 is 10.6 Å². The lowest BCUT2D eigenvalue weighted by atomic mass is 10.1. The Morgan fingerprint density at radius 1 is 1.35 bits per heavy atom. The van der Waals surface area contributed by atoms with Crippen LogP contribution in [0.3, 0.4) is 0 Å². The second kappa shape index (κ2) is 6.47. The van der Waals surface area contributed by atoms with Crippen molar-refractivity contribution < 1.29 is 14.4 Å². The van der Waals surface area contributed by atoms with Crippen LogP contribution in [0.25, 0.3) is 10.6 Å². The van der Waals surface area contributed by atoms with E-state index in [-0.39, 0.29) is 12.3 Å². The normalized spacial score (nSPS) is 17.7. The molecule has 8 heteroatoms. The van der Waals surface area contributed by atoms with E-state index in [0.29, 0.717) is 21.3 Å². The van der Waals surface area contributed by atoms with Crippen LogP contribution in [-0.2, 0) is 9.59 Å². The predicted molar refractivity (Wildman–Crippen MR) is 86.2 cm³/mol. The van der Waals surface area contributed by atoms with Crippen LogP contribution in [0.15, 0.2) is 30.5 Å². The number of amides is 3. The van der Waals surface area contributed by atoms with Crippen molar-refractivity contribution >= 4 is 40.7 Å². The minimum atomic E-state index is -0.703. The molecule has 1 atom stereocenters. The molecule has 6 nitrogen and oxygen atoms in total. The predicted octanol–water partition coefficient (Wildman–Crippen LogP) is 2.00. The zero-order valence-corrected chi connectivity index (χ0v) is 13.4. The molecule has 2 aromatic rings. The lowest BCUT2D eigenvalue weighted by molar-refractivity contribution is -0.134. The van der Waals surface area contributed by atoms with Gasteiger partial charge in [-0.05, 0) is 12.5 Å². The van der Waals surface area contributed by atoms with Gasteiger partial charge in [0.15, 0.2) is 0 Å². The summed E-state index contributed by atoms with van der Waals surface area (Å²) in [4.78, 5) is 39.6. The number of rotatable bonds is 3. The fourth-order valence-corrected chi connectivity index (χ4v) is 3.34. The molecule has 2 heterocycles. The Hall–Kier alpha value is -2.25. The summed E-state index contributed by atoms with van der Waals surface area (Å²) in [6.07, 6.45) is 1.96. The Kier molecular flexibility index (Phi) is 4.40. The van der Waals surface area contributed by atoms with Crippen LogP contribution in [0.4, 0.5) is 0 Å². The van der Waals surface area contributed by atoms with E-state index in [4.69, 9.17) is 11.6 Å². The number of thiazole rings is 1. The molecule has 1 aliphatic rings. The standard InChI is InChI=1S/C15H12ClN3O3S/c16-9-4-2-1-3-8(9)15-17-7-11(23-15)14(22)18-10-5-6-12(20)19-13(10)21/h1-4,7,10H,5-6H2,(H,18,22)(H,19,20,21). The molecule has 1 unspecified atom stereocenters. The Balaban J connectivity index is 1.73. The van der Waals surface area contributed by atoms with Gasteiger partial charge in [-0.25, -0.2) is 4.98 Å². The molecule has 1 aliphatic heterocycles. The van der Waals surface area contributed by atoms with Gasteiger partial charge in [0.25, 0.3) is 5.91 Å². The first-order valence-electron chi connectivity index (χ1n) is 6.90. The lowest BCUT2D eigenvalue weighted by Crippen LogP contribution is -2.52. The zero-order chi connectivity index (χ0) is 16.4. The quantitative estimate of drug-likeness (QED) is 0.829. The summed E-state index contributed by atoms with van der Waals surface area (Å²) in [7, 11) is 0. The average molecular weight is 350 g/mol. The van der Waals surface area contributed by atoms with Gasteiger partial charge >= 0.3 is 0 Å². The lowest BCUT2D eigenvalue weighted by Gasteiger charge is -2.21. The molecule has 1 aromatic carbocycles. The highest BCUT2D eigenvalue weighted by molar-refractivity contribution is 7.17. The molecule has 1 aromatic heterocycles. The molecule has 118 valence electrons. The monoisotopic (exact) mass is 349 g/mol. The number of carbonyl (C=O) groups is 3. The summed E-state index contributed by atoms with van der Waals surface area (Å²) in [6.45, 7) is 0. The molecule has 1 fully saturated rings. The molecular weight excluding hydrogens is 338 g/mol. The summed E-state index contributed by atoms with van der Waals surface area (Å²) < 4.78 is 0. The van der Waals surface area contributed by atoms with Crippen molar-refractivity contribution in [2.45, 2.75) is 18.9 Å². The number of benzene rings is 1. The molecule has 0 bridgehead atoms. The van der Waals surface area contributed by atoms with Crippen LogP contribution in [0.5, 0.6) is 0 Å². The van der Waals surface area contributed by atoms with Crippen molar-refractivity contribution in [2.75, 3.05) is 0 Å². The maximum atomic E-state index is 12.2. The van der Waals surface area contributed by atoms with Gasteiger partial charge in [0, 0.05) is 12.0 Å². The molecule has 0 saturated carbocycles. The molecule has 1 saturated heterocycles. The van der Waals surface area contributed by atoms with E-state index in [2.05, 4.69) is 15.6 Å². The first kappa shape index (κ1) is 15.6. The topological polar surface area (TPSA) is 88.2 Å². The Morgan fingerprint density at radius 2 is 2.13 bits per heavy atom. The maximum absolute atomic E-state index is 12.2. The molecular formula is C15H12ClN3O3S. The van der Waals surface area contributed by atoms with Crippen LogP contribution in [0, 0.1) is 0 Å². The number of halogens is 1. The summed E-state index contributed by atoms with van der Waals surface area (Å²) in [5, 5.41) is 6.00. The SMILES string of the molecule is O=C1CCC(NC(=O)c2cnc(-c3ccccc3Cl)s2)C(=O)N1. The van der Waals surface area contributed by atoms with Crippen LogP contribution in [0.2, 0.25) is 5.02 Å². The third-order valence-electron chi connectivity index (χ3n) is 3.38. The van der Waals surface area contributed by atoms with Crippen molar-refractivity contribution in [3.05, 3.63) is 40.4 Å². The summed E-state index contributed by atoms with van der Waals surface area (Å²) in [5.74, 6) is -1.19. The van der Waals surface area contributed by atoms with E-state index < -0.39 is 17.9 Å². The molecule has 0 spiro atoms. The number of piperidine rings is 1. The Bertz CT molecular complexity index is 790. The highest BCUT2D eigenvalue weighted by Gasteiger charge is 2.28. The van der Waals surface area contributed by atoms with E-state index in [0.717, 1.165) is 5.56 Å². The second-order valence-corrected chi connectivity index (χ2v) is 6.42. The number of imide groups is 1. The minimum absolute atomic E-state index is 0.213. The van der Waals surface area contributed by atoms with E-state index >= 15 is 0 Å². The molecule has 3 rings (SSSR count). The summed E-state index contributed by atoms with van der Waals surface area (Å²) >= 11 is 7.31. The Morgan fingerprint density at radius 3 is 2.87 bits per heavy atom. The van der Waals surface area contributed by atoms with Gasteiger partial charge in [0.2, 0.25) is 11.8 Å². The van der Waals surface area contributed by atoms with Crippen molar-refractivity contribution in [3.8, 4) is 10.6 Å². The van der Waals surface area contributed by atoms with Gasteiger partial charge in [-0.3, -0.25) is 19.7 Å². The molecule has 23 heavy (non-hydrogen) atoms. The third kappa shape index (κ3) is 3.40. The van der Waals surface area contributed by atoms with Crippen molar-refractivity contribution in [2.24, 2.45) is 0 Å². The number of nitrogens with zero attached hydrogens (tertiary/aromatic N) is 1. The molecule has 3 amide bonds. The number of nitrogens with one attached hydrogen (secondary N) is 2. The first-order valence-corrected chi connectivity index (χ1v) is 8.09. The second-order valence-electron chi connectivity index (χ2n) is 4.99. The summed E-state index contributed by atoms with van der Waals surface area (Å²) in [5.41, 5.74) is 0.749. The highest BCUT2D eigenvalue weighted by Crippen LogP contribution is 2.30. The van der Waals surface area contributed by atoms with Crippen molar-refractivity contribution in [1.82, 2.24) is 15.6 Å². The smallest absolute Gasteiger partial charge is 0.263 e. The van der Waals surface area contributed by atoms with Crippen LogP contribution in [-0.4, -0.2) is 28.7 Å².